The summed E-state index contributed by atoms with van der Waals surface area (Å²) in [5.74, 6) is 0.0585. The summed E-state index contributed by atoms with van der Waals surface area (Å²) in [6.45, 7) is 1.94. The lowest BCUT2D eigenvalue weighted by Gasteiger charge is -2.10. The number of amides is 1. The standard InChI is InChI=1S/C13H14N4OS/c1-9(11-4-5-19-8-11)17-12(18)3-2-10-6-15-13(14)16-7-10/h2-9H,1H3,(H,17,18)(H2,14,15,16). The second-order valence-electron chi connectivity index (χ2n) is 3.99. The van der Waals surface area contributed by atoms with Crippen LogP contribution in [0.2, 0.25) is 0 Å². The molecule has 0 saturated carbocycles. The van der Waals surface area contributed by atoms with Gasteiger partial charge < -0.3 is 11.1 Å². The van der Waals surface area contributed by atoms with E-state index in [1.54, 1.807) is 29.8 Å². The zero-order valence-electron chi connectivity index (χ0n) is 10.4. The highest BCUT2D eigenvalue weighted by molar-refractivity contribution is 7.07. The highest BCUT2D eigenvalue weighted by Gasteiger charge is 2.07. The van der Waals surface area contributed by atoms with Crippen molar-refractivity contribution < 1.29 is 4.79 Å². The molecule has 1 amide bonds. The van der Waals surface area contributed by atoms with Crippen LogP contribution < -0.4 is 11.1 Å². The number of nitrogens with zero attached hydrogens (tertiary/aromatic N) is 2. The molecule has 0 aliphatic heterocycles. The largest absolute Gasteiger partial charge is 0.368 e. The Bertz CT molecular complexity index is 563. The summed E-state index contributed by atoms with van der Waals surface area (Å²) in [6, 6.07) is 1.98. The summed E-state index contributed by atoms with van der Waals surface area (Å²) in [5, 5.41) is 6.88. The van der Waals surface area contributed by atoms with Gasteiger partial charge in [0, 0.05) is 24.0 Å². The second kappa shape index (κ2) is 6.10. The van der Waals surface area contributed by atoms with Crippen molar-refractivity contribution in [1.82, 2.24) is 15.3 Å². The summed E-state index contributed by atoms with van der Waals surface area (Å²) in [6.07, 6.45) is 6.23. The number of thiophene rings is 1. The number of hydrogen-bond acceptors (Lipinski definition) is 5. The molecule has 2 rings (SSSR count). The van der Waals surface area contributed by atoms with Gasteiger partial charge in [0.15, 0.2) is 0 Å². The molecule has 0 aliphatic carbocycles. The third-order valence-electron chi connectivity index (χ3n) is 2.52. The van der Waals surface area contributed by atoms with Crippen molar-refractivity contribution in [3.8, 4) is 0 Å². The lowest BCUT2D eigenvalue weighted by atomic mass is 10.2. The molecule has 2 aromatic heterocycles. The minimum absolute atomic E-state index is 0.00827. The smallest absolute Gasteiger partial charge is 0.244 e. The SMILES string of the molecule is CC(NC(=O)C=Cc1cnc(N)nc1)c1ccsc1. The first-order chi connectivity index (χ1) is 9.15. The maximum atomic E-state index is 11.7. The van der Waals surface area contributed by atoms with Crippen LogP contribution in [-0.4, -0.2) is 15.9 Å². The Morgan fingerprint density at radius 1 is 1.47 bits per heavy atom. The Morgan fingerprint density at radius 2 is 2.21 bits per heavy atom. The van der Waals surface area contributed by atoms with E-state index in [0.29, 0.717) is 0 Å². The number of carbonyl (C=O) groups excluding carboxylic acids is 1. The van der Waals surface area contributed by atoms with Crippen LogP contribution in [0.15, 0.2) is 35.3 Å². The van der Waals surface area contributed by atoms with Gasteiger partial charge in [-0.25, -0.2) is 9.97 Å². The molecule has 19 heavy (non-hydrogen) atoms. The fourth-order valence-corrected chi connectivity index (χ4v) is 2.23. The van der Waals surface area contributed by atoms with Crippen LogP contribution in [0.1, 0.15) is 24.1 Å². The molecule has 2 aromatic rings. The van der Waals surface area contributed by atoms with Gasteiger partial charge >= 0.3 is 0 Å². The van der Waals surface area contributed by atoms with E-state index >= 15 is 0 Å². The maximum Gasteiger partial charge on any atom is 0.244 e. The number of nitrogens with two attached hydrogens (primary N) is 1. The Morgan fingerprint density at radius 3 is 2.84 bits per heavy atom. The van der Waals surface area contributed by atoms with E-state index in [4.69, 9.17) is 5.73 Å². The number of hydrogen-bond donors (Lipinski definition) is 2. The van der Waals surface area contributed by atoms with Gasteiger partial charge in [0.1, 0.15) is 0 Å². The molecule has 0 saturated heterocycles. The molecule has 98 valence electrons. The van der Waals surface area contributed by atoms with Crippen molar-refractivity contribution in [2.45, 2.75) is 13.0 Å². The predicted molar refractivity (Wildman–Crippen MR) is 76.4 cm³/mol. The monoisotopic (exact) mass is 274 g/mol. The van der Waals surface area contributed by atoms with Gasteiger partial charge in [-0.05, 0) is 35.4 Å². The molecule has 2 heterocycles. The Balaban J connectivity index is 1.92. The first-order valence-electron chi connectivity index (χ1n) is 5.73. The van der Waals surface area contributed by atoms with Crippen LogP contribution in [-0.2, 0) is 4.79 Å². The molecule has 0 spiro atoms. The van der Waals surface area contributed by atoms with E-state index in [1.165, 1.54) is 6.08 Å². The van der Waals surface area contributed by atoms with Crippen molar-refractivity contribution >= 4 is 29.3 Å². The zero-order chi connectivity index (χ0) is 13.7. The number of nitrogens with one attached hydrogen (secondary N) is 1. The van der Waals surface area contributed by atoms with Gasteiger partial charge in [-0.1, -0.05) is 0 Å². The second-order valence-corrected chi connectivity index (χ2v) is 4.77. The number of aromatic nitrogens is 2. The van der Waals surface area contributed by atoms with E-state index in [2.05, 4.69) is 15.3 Å². The Hall–Kier alpha value is -2.21. The fraction of sp³-hybridized carbons (Fsp3) is 0.154. The van der Waals surface area contributed by atoms with E-state index < -0.39 is 0 Å². The first kappa shape index (κ1) is 13.2. The van der Waals surface area contributed by atoms with Gasteiger partial charge in [-0.15, -0.1) is 0 Å². The average Bonchev–Trinajstić information content (AvgIpc) is 2.92. The molecule has 6 heteroatoms. The molecule has 3 N–H and O–H groups in total. The van der Waals surface area contributed by atoms with Crippen molar-refractivity contribution in [2.75, 3.05) is 5.73 Å². The van der Waals surface area contributed by atoms with E-state index in [-0.39, 0.29) is 17.9 Å². The number of carbonyl (C=O) groups is 1. The van der Waals surface area contributed by atoms with Crippen LogP contribution in [0.3, 0.4) is 0 Å². The van der Waals surface area contributed by atoms with Gasteiger partial charge in [-0.2, -0.15) is 11.3 Å². The Kier molecular flexibility index (Phi) is 4.25. The van der Waals surface area contributed by atoms with Gasteiger partial charge in [0.2, 0.25) is 11.9 Å². The zero-order valence-corrected chi connectivity index (χ0v) is 11.2. The molecule has 0 fully saturated rings. The summed E-state index contributed by atoms with van der Waals surface area (Å²) >= 11 is 1.61. The maximum absolute atomic E-state index is 11.7. The molecule has 0 aromatic carbocycles. The normalized spacial score (nSPS) is 12.5. The summed E-state index contributed by atoms with van der Waals surface area (Å²) in [5.41, 5.74) is 7.21. The molecule has 5 nitrogen and oxygen atoms in total. The molecular weight excluding hydrogens is 260 g/mol. The predicted octanol–water partition coefficient (Wildman–Crippen LogP) is 2.01. The van der Waals surface area contributed by atoms with E-state index in [9.17, 15) is 4.79 Å². The lowest BCUT2D eigenvalue weighted by Crippen LogP contribution is -2.24. The van der Waals surface area contributed by atoms with Crippen LogP contribution in [0.5, 0.6) is 0 Å². The number of nitrogen functional groups attached to an aromatic ring is 1. The minimum Gasteiger partial charge on any atom is -0.368 e. The quantitative estimate of drug-likeness (QED) is 0.836. The van der Waals surface area contributed by atoms with E-state index in [0.717, 1.165) is 11.1 Å². The number of anilines is 1. The molecule has 0 bridgehead atoms. The lowest BCUT2D eigenvalue weighted by molar-refractivity contribution is -0.117. The van der Waals surface area contributed by atoms with Crippen LogP contribution in [0.25, 0.3) is 6.08 Å². The average molecular weight is 274 g/mol. The van der Waals surface area contributed by atoms with E-state index in [1.807, 2.05) is 23.8 Å². The van der Waals surface area contributed by atoms with Crippen molar-refractivity contribution in [1.29, 1.82) is 0 Å². The van der Waals surface area contributed by atoms with Gasteiger partial charge in [-0.3, -0.25) is 4.79 Å². The third-order valence-corrected chi connectivity index (χ3v) is 3.22. The van der Waals surface area contributed by atoms with Crippen LogP contribution >= 0.6 is 11.3 Å². The van der Waals surface area contributed by atoms with Crippen LogP contribution in [0.4, 0.5) is 5.95 Å². The third kappa shape index (κ3) is 3.89. The van der Waals surface area contributed by atoms with Gasteiger partial charge in [0.25, 0.3) is 0 Å². The number of rotatable bonds is 4. The first-order valence-corrected chi connectivity index (χ1v) is 6.67. The summed E-state index contributed by atoms with van der Waals surface area (Å²) < 4.78 is 0. The molecular formula is C13H14N4OS. The highest BCUT2D eigenvalue weighted by Crippen LogP contribution is 2.15. The Labute approximate surface area is 115 Å². The topological polar surface area (TPSA) is 80.9 Å². The molecule has 1 atom stereocenters. The fourth-order valence-electron chi connectivity index (χ4n) is 1.47. The van der Waals surface area contributed by atoms with Crippen molar-refractivity contribution in [3.05, 3.63) is 46.4 Å². The molecule has 1 unspecified atom stereocenters. The molecule has 0 radical (unpaired) electrons. The van der Waals surface area contributed by atoms with Crippen molar-refractivity contribution in [2.24, 2.45) is 0 Å². The summed E-state index contributed by atoms with van der Waals surface area (Å²) in [7, 11) is 0. The molecule has 0 aliphatic rings. The highest BCUT2D eigenvalue weighted by atomic mass is 32.1. The van der Waals surface area contributed by atoms with Crippen molar-refractivity contribution in [3.63, 3.8) is 0 Å². The minimum atomic E-state index is -0.157. The van der Waals surface area contributed by atoms with Crippen LogP contribution in [0, 0.1) is 0 Å². The summed E-state index contributed by atoms with van der Waals surface area (Å²) in [4.78, 5) is 19.4. The van der Waals surface area contributed by atoms with Gasteiger partial charge in [0.05, 0.1) is 6.04 Å².